The summed E-state index contributed by atoms with van der Waals surface area (Å²) in [6, 6.07) is 18.7. The zero-order valence-electron chi connectivity index (χ0n) is 19.1. The van der Waals surface area contributed by atoms with E-state index in [0.29, 0.717) is 5.56 Å². The molecule has 3 aromatic carbocycles. The highest BCUT2D eigenvalue weighted by Crippen LogP contribution is 2.34. The number of carbonyl (C=O) groups excluding carboxylic acids is 1. The standard InChI is InChI=1S/C27H24ClF3N2O2/c1-4-24(18-9-8-12-21(15-18)32-20-10-6-5-7-11-20)35-26(34)25(17(2)3)33-23-14-13-19(16-22(23)28)27(29,30)31/h1,5-17,24-25,32-33H,2-3H3. The first kappa shape index (κ1) is 26.0. The molecule has 8 heteroatoms. The Morgan fingerprint density at radius 2 is 1.69 bits per heavy atom. The maximum Gasteiger partial charge on any atom is 0.416 e. The topological polar surface area (TPSA) is 50.4 Å². The number of esters is 1. The van der Waals surface area contributed by atoms with Gasteiger partial charge in [0.1, 0.15) is 6.04 Å². The van der Waals surface area contributed by atoms with Crippen LogP contribution in [0.3, 0.4) is 0 Å². The van der Waals surface area contributed by atoms with Crippen LogP contribution in [-0.4, -0.2) is 12.0 Å². The molecular weight excluding hydrogens is 477 g/mol. The van der Waals surface area contributed by atoms with Crippen molar-refractivity contribution in [3.63, 3.8) is 0 Å². The van der Waals surface area contributed by atoms with Crippen molar-refractivity contribution in [3.8, 4) is 12.3 Å². The molecule has 0 aliphatic heterocycles. The summed E-state index contributed by atoms with van der Waals surface area (Å²) >= 11 is 6.05. The van der Waals surface area contributed by atoms with Crippen LogP contribution in [0.25, 0.3) is 0 Å². The van der Waals surface area contributed by atoms with Crippen LogP contribution in [-0.2, 0) is 15.7 Å². The Balaban J connectivity index is 1.75. The number of carbonyl (C=O) groups is 1. The molecule has 0 spiro atoms. The Hall–Kier alpha value is -3.63. The number of alkyl halides is 3. The average molecular weight is 501 g/mol. The lowest BCUT2D eigenvalue weighted by Gasteiger charge is -2.24. The molecule has 0 fully saturated rings. The van der Waals surface area contributed by atoms with Crippen LogP contribution in [0, 0.1) is 18.3 Å². The molecule has 4 nitrogen and oxygen atoms in total. The molecule has 0 aromatic heterocycles. The van der Waals surface area contributed by atoms with Gasteiger partial charge in [-0.3, -0.25) is 0 Å². The third-order valence-electron chi connectivity index (χ3n) is 5.17. The van der Waals surface area contributed by atoms with Gasteiger partial charge in [-0.2, -0.15) is 13.2 Å². The van der Waals surface area contributed by atoms with E-state index >= 15 is 0 Å². The minimum absolute atomic E-state index is 0.161. The molecule has 0 aliphatic carbocycles. The Bertz CT molecular complexity index is 1210. The van der Waals surface area contributed by atoms with Gasteiger partial charge in [-0.05, 0) is 48.4 Å². The van der Waals surface area contributed by atoms with E-state index < -0.39 is 29.9 Å². The van der Waals surface area contributed by atoms with Crippen molar-refractivity contribution in [2.24, 2.45) is 5.92 Å². The summed E-state index contributed by atoms with van der Waals surface area (Å²) in [4.78, 5) is 13.0. The number of terminal acetylenes is 1. The van der Waals surface area contributed by atoms with Crippen molar-refractivity contribution in [3.05, 3.63) is 88.9 Å². The van der Waals surface area contributed by atoms with Gasteiger partial charge in [0.05, 0.1) is 16.3 Å². The zero-order chi connectivity index (χ0) is 25.6. The van der Waals surface area contributed by atoms with E-state index in [1.54, 1.807) is 32.0 Å². The normalized spacial score (nSPS) is 13.0. The summed E-state index contributed by atoms with van der Waals surface area (Å²) in [5, 5.41) is 5.99. The Labute approximate surface area is 207 Å². The molecule has 0 radical (unpaired) electrons. The van der Waals surface area contributed by atoms with E-state index in [4.69, 9.17) is 22.8 Å². The second kappa shape index (κ2) is 11.2. The number of nitrogens with one attached hydrogen (secondary N) is 2. The molecule has 0 saturated heterocycles. The number of hydrogen-bond donors (Lipinski definition) is 2. The molecule has 3 rings (SSSR count). The number of hydrogen-bond acceptors (Lipinski definition) is 4. The molecule has 2 atom stereocenters. The van der Waals surface area contributed by atoms with E-state index in [-0.39, 0.29) is 16.6 Å². The van der Waals surface area contributed by atoms with Crippen molar-refractivity contribution in [2.75, 3.05) is 10.6 Å². The van der Waals surface area contributed by atoms with Crippen LogP contribution in [0.4, 0.5) is 30.2 Å². The van der Waals surface area contributed by atoms with Crippen LogP contribution in [0.2, 0.25) is 5.02 Å². The van der Waals surface area contributed by atoms with Crippen molar-refractivity contribution in [2.45, 2.75) is 32.2 Å². The number of benzene rings is 3. The van der Waals surface area contributed by atoms with Crippen LogP contribution in [0.15, 0.2) is 72.8 Å². The molecule has 0 bridgehead atoms. The van der Waals surface area contributed by atoms with Gasteiger partial charge in [-0.1, -0.05) is 61.7 Å². The number of rotatable bonds is 8. The predicted molar refractivity (Wildman–Crippen MR) is 133 cm³/mol. The zero-order valence-corrected chi connectivity index (χ0v) is 19.8. The monoisotopic (exact) mass is 500 g/mol. The molecule has 35 heavy (non-hydrogen) atoms. The van der Waals surface area contributed by atoms with Crippen molar-refractivity contribution < 1.29 is 22.7 Å². The van der Waals surface area contributed by atoms with Gasteiger partial charge in [0.25, 0.3) is 0 Å². The second-order valence-electron chi connectivity index (χ2n) is 8.16. The van der Waals surface area contributed by atoms with Gasteiger partial charge in [0.2, 0.25) is 0 Å². The van der Waals surface area contributed by atoms with Crippen molar-refractivity contribution in [1.29, 1.82) is 0 Å². The third kappa shape index (κ3) is 6.93. The largest absolute Gasteiger partial charge is 0.443 e. The van der Waals surface area contributed by atoms with Crippen LogP contribution in [0.1, 0.15) is 31.1 Å². The first-order valence-electron chi connectivity index (χ1n) is 10.8. The Morgan fingerprint density at radius 3 is 2.29 bits per heavy atom. The Morgan fingerprint density at radius 1 is 1.00 bits per heavy atom. The molecular formula is C27H24ClF3N2O2. The fraction of sp³-hybridized carbons (Fsp3) is 0.222. The van der Waals surface area contributed by atoms with Gasteiger partial charge >= 0.3 is 12.1 Å². The summed E-state index contributed by atoms with van der Waals surface area (Å²) in [5.74, 6) is 1.56. The average Bonchev–Trinajstić information content (AvgIpc) is 2.81. The number of ether oxygens (including phenoxy) is 1. The lowest BCUT2D eigenvalue weighted by molar-refractivity contribution is -0.148. The van der Waals surface area contributed by atoms with E-state index in [0.717, 1.165) is 23.5 Å². The van der Waals surface area contributed by atoms with Crippen molar-refractivity contribution >= 4 is 34.6 Å². The Kier molecular flexibility index (Phi) is 8.31. The van der Waals surface area contributed by atoms with Crippen LogP contribution in [0.5, 0.6) is 0 Å². The number of halogens is 4. The first-order valence-corrected chi connectivity index (χ1v) is 11.2. The van der Waals surface area contributed by atoms with Gasteiger partial charge in [-0.25, -0.2) is 4.79 Å². The quantitative estimate of drug-likeness (QED) is 0.249. The molecule has 182 valence electrons. The predicted octanol–water partition coefficient (Wildman–Crippen LogP) is 7.46. The number of para-hydroxylation sites is 1. The highest BCUT2D eigenvalue weighted by atomic mass is 35.5. The van der Waals surface area contributed by atoms with E-state index in [2.05, 4.69) is 16.6 Å². The molecule has 0 saturated carbocycles. The summed E-state index contributed by atoms with van der Waals surface area (Å²) < 4.78 is 44.4. The number of anilines is 3. The summed E-state index contributed by atoms with van der Waals surface area (Å²) in [6.45, 7) is 3.54. The fourth-order valence-electron chi connectivity index (χ4n) is 3.33. The van der Waals surface area contributed by atoms with Gasteiger partial charge < -0.3 is 15.4 Å². The smallest absolute Gasteiger partial charge is 0.416 e. The summed E-state index contributed by atoms with van der Waals surface area (Å²) in [7, 11) is 0. The maximum atomic E-state index is 13.0. The fourth-order valence-corrected chi connectivity index (χ4v) is 3.56. The van der Waals surface area contributed by atoms with Crippen molar-refractivity contribution in [1.82, 2.24) is 0 Å². The first-order chi connectivity index (χ1) is 16.6. The van der Waals surface area contributed by atoms with Gasteiger partial charge in [0, 0.05) is 16.9 Å². The molecule has 0 heterocycles. The highest BCUT2D eigenvalue weighted by Gasteiger charge is 2.32. The van der Waals surface area contributed by atoms with Crippen LogP contribution >= 0.6 is 11.6 Å². The SMILES string of the molecule is C#CC(OC(=O)C(Nc1ccc(C(F)(F)F)cc1Cl)C(C)C)c1cccc(Nc2ccccc2)c1. The summed E-state index contributed by atoms with van der Waals surface area (Å²) in [6.07, 6.45) is 0.179. The van der Waals surface area contributed by atoms with E-state index in [9.17, 15) is 18.0 Å². The molecule has 0 amide bonds. The van der Waals surface area contributed by atoms with Gasteiger partial charge in [-0.15, -0.1) is 6.42 Å². The second-order valence-corrected chi connectivity index (χ2v) is 8.57. The molecule has 2 N–H and O–H groups in total. The van der Waals surface area contributed by atoms with Crippen LogP contribution < -0.4 is 10.6 Å². The summed E-state index contributed by atoms with van der Waals surface area (Å²) in [5.41, 5.74) is 1.54. The van der Waals surface area contributed by atoms with E-state index in [1.165, 1.54) is 6.07 Å². The lowest BCUT2D eigenvalue weighted by Crippen LogP contribution is -2.36. The third-order valence-corrected chi connectivity index (χ3v) is 5.48. The molecule has 2 unspecified atom stereocenters. The molecule has 0 aliphatic rings. The maximum absolute atomic E-state index is 13.0. The highest BCUT2D eigenvalue weighted by molar-refractivity contribution is 6.33. The van der Waals surface area contributed by atoms with Gasteiger partial charge in [0.15, 0.2) is 6.10 Å². The minimum Gasteiger partial charge on any atom is -0.443 e. The minimum atomic E-state index is -4.53. The molecule has 3 aromatic rings. The van der Waals surface area contributed by atoms with E-state index in [1.807, 2.05) is 36.4 Å². The lowest BCUT2D eigenvalue weighted by atomic mass is 10.0.